The van der Waals surface area contributed by atoms with E-state index < -0.39 is 0 Å². The van der Waals surface area contributed by atoms with Crippen LogP contribution in [0, 0.1) is 0 Å². The Morgan fingerprint density at radius 2 is 1.70 bits per heavy atom. The molecule has 6 rings (SSSR count). The molecule has 2 unspecified atom stereocenters. The molecule has 0 saturated carbocycles. The summed E-state index contributed by atoms with van der Waals surface area (Å²) in [4.78, 5) is 15.9. The standard InChI is InChI=1S/C22H24N4S/c1-2-5-15(6-3-1)19-13-27-22-20(19)21(23-14-24-22)26-16-7-8-17(26)12-18(11-16)25-9-4-10-25/h1-3,5-6,13-14,16-18H,4,7-12H2. The van der Waals surface area contributed by atoms with Gasteiger partial charge in [-0.05, 0) is 50.8 Å². The van der Waals surface area contributed by atoms with Crippen molar-refractivity contribution in [3.63, 3.8) is 0 Å². The van der Waals surface area contributed by atoms with E-state index in [9.17, 15) is 0 Å². The largest absolute Gasteiger partial charge is 0.350 e. The third-order valence-electron chi connectivity index (χ3n) is 6.79. The Morgan fingerprint density at radius 3 is 2.41 bits per heavy atom. The average molecular weight is 377 g/mol. The Kier molecular flexibility index (Phi) is 3.73. The van der Waals surface area contributed by atoms with Crippen LogP contribution in [-0.4, -0.2) is 46.1 Å². The number of piperidine rings is 1. The number of rotatable bonds is 3. The second-order valence-corrected chi connectivity index (χ2v) is 9.06. The van der Waals surface area contributed by atoms with Crippen molar-refractivity contribution in [1.82, 2.24) is 14.9 Å². The second kappa shape index (κ2) is 6.28. The fraction of sp³-hybridized carbons (Fsp3) is 0.455. The van der Waals surface area contributed by atoms with Crippen molar-refractivity contribution in [1.29, 1.82) is 0 Å². The van der Waals surface area contributed by atoms with Gasteiger partial charge in [0.2, 0.25) is 0 Å². The van der Waals surface area contributed by atoms with Crippen LogP contribution in [0.2, 0.25) is 0 Å². The van der Waals surface area contributed by atoms with E-state index in [2.05, 4.69) is 50.5 Å². The maximum Gasteiger partial charge on any atom is 0.141 e. The van der Waals surface area contributed by atoms with E-state index in [1.807, 2.05) is 0 Å². The zero-order chi connectivity index (χ0) is 17.8. The molecule has 5 heteroatoms. The number of fused-ring (bicyclic) bond motifs is 3. The quantitative estimate of drug-likeness (QED) is 0.671. The second-order valence-electron chi connectivity index (χ2n) is 8.20. The first kappa shape index (κ1) is 16.0. The Morgan fingerprint density at radius 1 is 0.926 bits per heavy atom. The van der Waals surface area contributed by atoms with Gasteiger partial charge in [-0.1, -0.05) is 30.3 Å². The number of benzene rings is 1. The zero-order valence-electron chi connectivity index (χ0n) is 15.4. The van der Waals surface area contributed by atoms with Crippen molar-refractivity contribution in [2.24, 2.45) is 0 Å². The average Bonchev–Trinajstić information content (AvgIpc) is 3.20. The summed E-state index contributed by atoms with van der Waals surface area (Å²) in [5.74, 6) is 1.18. The molecule has 3 saturated heterocycles. The highest BCUT2D eigenvalue weighted by molar-refractivity contribution is 7.17. The molecule has 0 aliphatic carbocycles. The maximum absolute atomic E-state index is 4.84. The van der Waals surface area contributed by atoms with Gasteiger partial charge in [0.1, 0.15) is 17.0 Å². The van der Waals surface area contributed by atoms with Crippen LogP contribution in [0.3, 0.4) is 0 Å². The molecule has 3 fully saturated rings. The number of nitrogens with zero attached hydrogens (tertiary/aromatic N) is 4. The maximum atomic E-state index is 4.84. The molecule has 4 nitrogen and oxygen atoms in total. The molecule has 0 radical (unpaired) electrons. The minimum absolute atomic E-state index is 0.635. The summed E-state index contributed by atoms with van der Waals surface area (Å²) in [7, 11) is 0. The molecule has 3 aliphatic heterocycles. The molecular formula is C22H24N4S. The summed E-state index contributed by atoms with van der Waals surface area (Å²) in [6, 6.07) is 12.8. The summed E-state index contributed by atoms with van der Waals surface area (Å²) in [5, 5.41) is 3.51. The van der Waals surface area contributed by atoms with Crippen LogP contribution in [0.25, 0.3) is 21.3 Å². The van der Waals surface area contributed by atoms with Gasteiger partial charge in [-0.15, -0.1) is 11.3 Å². The fourth-order valence-corrected chi connectivity index (χ4v) is 6.29. The van der Waals surface area contributed by atoms with E-state index in [1.165, 1.54) is 67.5 Å². The summed E-state index contributed by atoms with van der Waals surface area (Å²) in [5.41, 5.74) is 2.55. The van der Waals surface area contributed by atoms with Crippen LogP contribution in [0.4, 0.5) is 5.82 Å². The van der Waals surface area contributed by atoms with Crippen molar-refractivity contribution in [3.8, 4) is 11.1 Å². The van der Waals surface area contributed by atoms with Gasteiger partial charge in [-0.2, -0.15) is 0 Å². The predicted molar refractivity (Wildman–Crippen MR) is 111 cm³/mol. The van der Waals surface area contributed by atoms with E-state index in [4.69, 9.17) is 4.98 Å². The van der Waals surface area contributed by atoms with Gasteiger partial charge < -0.3 is 9.80 Å². The molecule has 1 aromatic carbocycles. The zero-order valence-corrected chi connectivity index (χ0v) is 16.2. The van der Waals surface area contributed by atoms with Crippen LogP contribution < -0.4 is 4.90 Å². The van der Waals surface area contributed by atoms with Gasteiger partial charge in [0.25, 0.3) is 0 Å². The number of thiophene rings is 1. The third-order valence-corrected chi connectivity index (χ3v) is 7.68. The molecule has 2 atom stereocenters. The Labute approximate surface area is 163 Å². The normalized spacial score (nSPS) is 27.9. The van der Waals surface area contributed by atoms with Crippen molar-refractivity contribution >= 4 is 27.4 Å². The van der Waals surface area contributed by atoms with E-state index in [0.717, 1.165) is 10.9 Å². The molecule has 2 bridgehead atoms. The monoisotopic (exact) mass is 376 g/mol. The van der Waals surface area contributed by atoms with E-state index in [0.29, 0.717) is 12.1 Å². The molecule has 5 heterocycles. The smallest absolute Gasteiger partial charge is 0.141 e. The van der Waals surface area contributed by atoms with Gasteiger partial charge in [-0.25, -0.2) is 9.97 Å². The number of likely N-dealkylation sites (tertiary alicyclic amines) is 1. The Bertz CT molecular complexity index is 951. The number of anilines is 1. The predicted octanol–water partition coefficient (Wildman–Crippen LogP) is 4.56. The van der Waals surface area contributed by atoms with Gasteiger partial charge in [-0.3, -0.25) is 0 Å². The highest BCUT2D eigenvalue weighted by Gasteiger charge is 2.44. The molecule has 0 spiro atoms. The number of hydrogen-bond acceptors (Lipinski definition) is 5. The van der Waals surface area contributed by atoms with Gasteiger partial charge >= 0.3 is 0 Å². The Balaban J connectivity index is 1.42. The van der Waals surface area contributed by atoms with Crippen LogP contribution in [-0.2, 0) is 0 Å². The van der Waals surface area contributed by atoms with Gasteiger partial charge in [0, 0.05) is 29.1 Å². The van der Waals surface area contributed by atoms with E-state index in [-0.39, 0.29) is 0 Å². The minimum atomic E-state index is 0.635. The first-order valence-corrected chi connectivity index (χ1v) is 11.1. The molecular weight excluding hydrogens is 352 g/mol. The van der Waals surface area contributed by atoms with Crippen LogP contribution in [0.5, 0.6) is 0 Å². The molecule has 2 aromatic heterocycles. The lowest BCUT2D eigenvalue weighted by Gasteiger charge is -2.47. The SMILES string of the molecule is c1ccc(-c2csc3ncnc(N4C5CCC4CC(N4CCC4)C5)c23)cc1. The van der Waals surface area contributed by atoms with Gasteiger partial charge in [0.15, 0.2) is 0 Å². The topological polar surface area (TPSA) is 32.3 Å². The van der Waals surface area contributed by atoms with Gasteiger partial charge in [0.05, 0.1) is 5.39 Å². The van der Waals surface area contributed by atoms with Crippen LogP contribution in [0.15, 0.2) is 42.0 Å². The first-order valence-electron chi connectivity index (χ1n) is 10.2. The molecule has 27 heavy (non-hydrogen) atoms. The summed E-state index contributed by atoms with van der Waals surface area (Å²) < 4.78 is 0. The molecule has 0 amide bonds. The first-order chi connectivity index (χ1) is 13.4. The molecule has 3 aliphatic rings. The number of hydrogen-bond donors (Lipinski definition) is 0. The molecule has 3 aromatic rings. The minimum Gasteiger partial charge on any atom is -0.350 e. The highest BCUT2D eigenvalue weighted by atomic mass is 32.1. The van der Waals surface area contributed by atoms with Crippen LogP contribution >= 0.6 is 11.3 Å². The van der Waals surface area contributed by atoms with E-state index in [1.54, 1.807) is 17.7 Å². The van der Waals surface area contributed by atoms with Crippen molar-refractivity contribution in [3.05, 3.63) is 42.0 Å². The van der Waals surface area contributed by atoms with E-state index >= 15 is 0 Å². The Hall–Kier alpha value is -1.98. The van der Waals surface area contributed by atoms with Crippen molar-refractivity contribution < 1.29 is 0 Å². The lowest BCUT2D eigenvalue weighted by Crippen LogP contribution is -2.54. The summed E-state index contributed by atoms with van der Waals surface area (Å²) in [6.07, 6.45) is 8.37. The molecule has 0 N–H and O–H groups in total. The fourth-order valence-electron chi connectivity index (χ4n) is 5.38. The summed E-state index contributed by atoms with van der Waals surface area (Å²) >= 11 is 1.74. The third kappa shape index (κ3) is 2.52. The van der Waals surface area contributed by atoms with Crippen molar-refractivity contribution in [2.45, 2.75) is 50.2 Å². The summed E-state index contributed by atoms with van der Waals surface area (Å²) in [6.45, 7) is 2.62. The molecule has 138 valence electrons. The lowest BCUT2D eigenvalue weighted by atomic mass is 9.93. The lowest BCUT2D eigenvalue weighted by molar-refractivity contribution is 0.0889. The van der Waals surface area contributed by atoms with Crippen LogP contribution in [0.1, 0.15) is 32.1 Å². The van der Waals surface area contributed by atoms with Crippen molar-refractivity contribution in [2.75, 3.05) is 18.0 Å². The highest BCUT2D eigenvalue weighted by Crippen LogP contribution is 2.45. The number of aromatic nitrogens is 2.